The van der Waals surface area contributed by atoms with Gasteiger partial charge in [0.05, 0.1) is 12.7 Å². The summed E-state index contributed by atoms with van der Waals surface area (Å²) < 4.78 is 21.7. The molecule has 0 bridgehead atoms. The third-order valence-corrected chi connectivity index (χ3v) is 2.47. The van der Waals surface area contributed by atoms with E-state index >= 15 is 0 Å². The highest BCUT2D eigenvalue weighted by Crippen LogP contribution is 2.45. The number of rotatable bonds is 5. The van der Waals surface area contributed by atoms with Gasteiger partial charge < -0.3 is 9.05 Å². The summed E-state index contributed by atoms with van der Waals surface area (Å²) in [6.07, 6.45) is -0.0482. The monoisotopic (exact) mass is 194 g/mol. The minimum Gasteiger partial charge on any atom is -0.308 e. The first kappa shape index (κ1) is 12.2. The molecule has 1 unspecified atom stereocenters. The van der Waals surface area contributed by atoms with E-state index < -0.39 is 7.60 Å². The van der Waals surface area contributed by atoms with E-state index in [0.29, 0.717) is 12.5 Å². The van der Waals surface area contributed by atoms with Crippen molar-refractivity contribution in [2.24, 2.45) is 5.92 Å². The van der Waals surface area contributed by atoms with Crippen molar-refractivity contribution in [1.82, 2.24) is 0 Å². The van der Waals surface area contributed by atoms with Crippen molar-refractivity contribution < 1.29 is 13.6 Å². The van der Waals surface area contributed by atoms with Gasteiger partial charge >= 0.3 is 7.60 Å². The van der Waals surface area contributed by atoms with Gasteiger partial charge in [-0.3, -0.25) is 4.57 Å². The average Bonchev–Trinajstić information content (AvgIpc) is 1.81. The van der Waals surface area contributed by atoms with Crippen LogP contribution in [0.4, 0.5) is 0 Å². The summed E-state index contributed by atoms with van der Waals surface area (Å²) in [6.45, 7) is 9.70. The Hall–Kier alpha value is 0.150. The predicted molar refractivity (Wildman–Crippen MR) is 50.5 cm³/mol. The summed E-state index contributed by atoms with van der Waals surface area (Å²) in [4.78, 5) is 0. The van der Waals surface area contributed by atoms with E-state index in [2.05, 4.69) is 0 Å². The largest absolute Gasteiger partial charge is 0.327 e. The van der Waals surface area contributed by atoms with Gasteiger partial charge in [-0.25, -0.2) is 0 Å². The molecule has 0 aliphatic rings. The van der Waals surface area contributed by atoms with Crippen LogP contribution in [0.5, 0.6) is 0 Å². The first-order valence-electron chi connectivity index (χ1n) is 4.24. The maximum atomic E-state index is 11.5. The molecular formula is C8H19O3P. The van der Waals surface area contributed by atoms with Crippen LogP contribution in [0.1, 0.15) is 27.7 Å². The molecule has 0 rings (SSSR count). The minimum atomic E-state index is -2.80. The van der Waals surface area contributed by atoms with Crippen LogP contribution in [0, 0.1) is 5.92 Å². The molecule has 4 heteroatoms. The Balaban J connectivity index is 3.80. The molecule has 0 aliphatic carbocycles. The molecular weight excluding hydrogens is 175 g/mol. The van der Waals surface area contributed by atoms with Crippen molar-refractivity contribution >= 4 is 7.60 Å². The lowest BCUT2D eigenvalue weighted by Crippen LogP contribution is -2.05. The van der Waals surface area contributed by atoms with Crippen LogP contribution < -0.4 is 0 Å². The highest BCUT2D eigenvalue weighted by atomic mass is 31.2. The van der Waals surface area contributed by atoms with Crippen molar-refractivity contribution in [2.75, 3.05) is 13.3 Å². The second-order valence-electron chi connectivity index (χ2n) is 3.62. The van der Waals surface area contributed by atoms with E-state index in [0.717, 1.165) is 0 Å². The Bertz CT molecular complexity index is 166. The molecule has 74 valence electrons. The van der Waals surface area contributed by atoms with Crippen molar-refractivity contribution in [3.63, 3.8) is 0 Å². The maximum Gasteiger partial charge on any atom is 0.327 e. The van der Waals surface area contributed by atoms with Gasteiger partial charge in [0.1, 0.15) is 0 Å². The van der Waals surface area contributed by atoms with Crippen LogP contribution in [-0.2, 0) is 13.6 Å². The molecule has 0 aromatic rings. The summed E-state index contributed by atoms with van der Waals surface area (Å²) in [7, 11) is -2.80. The molecule has 0 aromatic heterocycles. The molecule has 0 aromatic carbocycles. The summed E-state index contributed by atoms with van der Waals surface area (Å²) >= 11 is 0. The van der Waals surface area contributed by atoms with Crippen LogP contribution in [0.25, 0.3) is 0 Å². The molecule has 0 saturated heterocycles. The molecule has 0 amide bonds. The lowest BCUT2D eigenvalue weighted by atomic mass is 10.2. The molecule has 0 radical (unpaired) electrons. The molecule has 0 N–H and O–H groups in total. The molecule has 0 saturated carbocycles. The minimum absolute atomic E-state index is 0.0482. The fraction of sp³-hybridized carbons (Fsp3) is 1.00. The van der Waals surface area contributed by atoms with Gasteiger partial charge in [-0.05, 0) is 19.8 Å². The van der Waals surface area contributed by atoms with E-state index in [-0.39, 0.29) is 6.10 Å². The number of hydrogen-bond acceptors (Lipinski definition) is 3. The van der Waals surface area contributed by atoms with Gasteiger partial charge in [0.2, 0.25) is 0 Å². The van der Waals surface area contributed by atoms with Gasteiger partial charge in [-0.2, -0.15) is 0 Å². The standard InChI is InChI=1S/C8H19O3P/c1-7(2)6-10-12(5,9)11-8(3)4/h7-8H,6H2,1-5H3. The second kappa shape index (κ2) is 5.00. The summed E-state index contributed by atoms with van der Waals surface area (Å²) in [5, 5.41) is 0. The lowest BCUT2D eigenvalue weighted by Gasteiger charge is -2.17. The topological polar surface area (TPSA) is 35.5 Å². The highest BCUT2D eigenvalue weighted by Gasteiger charge is 2.18. The molecule has 0 heterocycles. The lowest BCUT2D eigenvalue weighted by molar-refractivity contribution is 0.161. The van der Waals surface area contributed by atoms with Crippen LogP contribution >= 0.6 is 7.60 Å². The molecule has 0 aliphatic heterocycles. The zero-order valence-electron chi connectivity index (χ0n) is 8.53. The van der Waals surface area contributed by atoms with Crippen molar-refractivity contribution in [3.05, 3.63) is 0 Å². The summed E-state index contributed by atoms with van der Waals surface area (Å²) in [5.74, 6) is 0.383. The highest BCUT2D eigenvalue weighted by molar-refractivity contribution is 7.52. The van der Waals surface area contributed by atoms with E-state index in [1.165, 1.54) is 6.66 Å². The molecule has 0 spiro atoms. The van der Waals surface area contributed by atoms with Gasteiger partial charge in [-0.15, -0.1) is 0 Å². The number of hydrogen-bond donors (Lipinski definition) is 0. The van der Waals surface area contributed by atoms with Crippen molar-refractivity contribution in [2.45, 2.75) is 33.8 Å². The van der Waals surface area contributed by atoms with Gasteiger partial charge in [0.15, 0.2) is 0 Å². The van der Waals surface area contributed by atoms with Gasteiger partial charge in [0, 0.05) is 6.66 Å². The Kier molecular flexibility index (Phi) is 5.07. The van der Waals surface area contributed by atoms with Gasteiger partial charge in [-0.1, -0.05) is 13.8 Å². The SMILES string of the molecule is CC(C)COP(C)(=O)OC(C)C. The third-order valence-electron chi connectivity index (χ3n) is 1.04. The smallest absolute Gasteiger partial charge is 0.308 e. The summed E-state index contributed by atoms with van der Waals surface area (Å²) in [5.41, 5.74) is 0. The molecule has 0 fully saturated rings. The fourth-order valence-electron chi connectivity index (χ4n) is 0.698. The molecule has 12 heavy (non-hydrogen) atoms. The predicted octanol–water partition coefficient (Wildman–Crippen LogP) is 2.91. The average molecular weight is 194 g/mol. The zero-order valence-corrected chi connectivity index (χ0v) is 9.43. The van der Waals surface area contributed by atoms with Crippen LogP contribution in [0.2, 0.25) is 0 Å². The van der Waals surface area contributed by atoms with Crippen LogP contribution in [0.3, 0.4) is 0 Å². The normalized spacial score (nSPS) is 16.9. The van der Waals surface area contributed by atoms with Crippen molar-refractivity contribution in [1.29, 1.82) is 0 Å². The first-order chi connectivity index (χ1) is 5.33. The van der Waals surface area contributed by atoms with E-state index in [1.807, 2.05) is 27.7 Å². The Morgan fingerprint density at radius 1 is 1.25 bits per heavy atom. The maximum absolute atomic E-state index is 11.5. The molecule has 3 nitrogen and oxygen atoms in total. The zero-order chi connectivity index (χ0) is 9.78. The second-order valence-corrected chi connectivity index (χ2v) is 5.63. The van der Waals surface area contributed by atoms with E-state index in [9.17, 15) is 4.57 Å². The molecule has 1 atom stereocenters. The van der Waals surface area contributed by atoms with E-state index in [4.69, 9.17) is 9.05 Å². The Morgan fingerprint density at radius 3 is 2.08 bits per heavy atom. The van der Waals surface area contributed by atoms with Crippen LogP contribution in [-0.4, -0.2) is 19.4 Å². The third kappa shape index (κ3) is 6.84. The van der Waals surface area contributed by atoms with Crippen molar-refractivity contribution in [3.8, 4) is 0 Å². The van der Waals surface area contributed by atoms with Crippen LogP contribution in [0.15, 0.2) is 0 Å². The Labute approximate surface area is 75.0 Å². The summed E-state index contributed by atoms with van der Waals surface area (Å²) in [6, 6.07) is 0. The quantitative estimate of drug-likeness (QED) is 0.631. The van der Waals surface area contributed by atoms with E-state index in [1.54, 1.807) is 0 Å². The van der Waals surface area contributed by atoms with Gasteiger partial charge in [0.25, 0.3) is 0 Å². The Morgan fingerprint density at radius 2 is 1.75 bits per heavy atom. The fourth-order valence-corrected chi connectivity index (χ4v) is 2.09. The first-order valence-corrected chi connectivity index (χ1v) is 6.23.